The Morgan fingerprint density at radius 2 is 0.592 bits per heavy atom. The molecule has 0 aliphatic carbocycles. The number of pyridine rings is 8. The highest BCUT2D eigenvalue weighted by molar-refractivity contribution is 6.05. The van der Waals surface area contributed by atoms with Crippen LogP contribution in [0.15, 0.2) is 318 Å². The molecule has 0 saturated carbocycles. The maximum Gasteiger partial charge on any atom is 0.224 e. The monoisotopic (exact) mass is 1930 g/mol. The summed E-state index contributed by atoms with van der Waals surface area (Å²) < 4.78 is 0. The summed E-state index contributed by atoms with van der Waals surface area (Å²) in [5, 5.41) is 40.9. The van der Waals surface area contributed by atoms with E-state index in [2.05, 4.69) is 212 Å². The fourth-order valence-corrected chi connectivity index (χ4v) is 19.6. The quantitative estimate of drug-likeness (QED) is 0.0319. The van der Waals surface area contributed by atoms with E-state index in [1.54, 1.807) is 74.4 Å². The number of piperidine rings is 1. The SMILES string of the molecule is CC(C)(C)CC(=O)Nc1cncc(-c2ccc3[nH]nc(-c4nc5c(-c6ccncc6)cccc5[nH]4)c3c2)c1.CCCC(=O)Nc1cncc(-c2ccc3[nH]nc(-c4nc5c(-c6ccncc6)cccc5[nH]4)c3c2)c1.c1cc(-c2ccncc2)c2nc(-c3n[nH]c4ccc(-c5cncc(CN6CCCC6)c5)cc34)[nH]c2c1.c1cc(-c2ccncc2)c2nc(-c3n[nH]c4ccc(-c5cncc(CN6CCCCC6)c5)cc34)[nH]c2c1. The van der Waals surface area contributed by atoms with E-state index in [0.29, 0.717) is 35.9 Å². The predicted molar refractivity (Wildman–Crippen MR) is 580 cm³/mol. The number of carbonyl (C=O) groups excluding carboxylic acids is 2. The van der Waals surface area contributed by atoms with Crippen molar-refractivity contribution in [2.24, 2.45) is 5.41 Å². The zero-order chi connectivity index (χ0) is 99.3. The van der Waals surface area contributed by atoms with Crippen LogP contribution < -0.4 is 10.6 Å². The highest BCUT2D eigenvalue weighted by Crippen LogP contribution is 2.41. The summed E-state index contributed by atoms with van der Waals surface area (Å²) in [5.74, 6) is 2.83. The third kappa shape index (κ3) is 20.1. The van der Waals surface area contributed by atoms with Gasteiger partial charge in [-0.05, 0) is 265 Å². The van der Waals surface area contributed by atoms with E-state index in [1.807, 2.05) is 180 Å². The molecule has 722 valence electrons. The number of amides is 2. The van der Waals surface area contributed by atoms with Gasteiger partial charge in [-0.15, -0.1) is 0 Å². The smallest absolute Gasteiger partial charge is 0.224 e. The van der Waals surface area contributed by atoms with Gasteiger partial charge in [-0.1, -0.05) is 107 Å². The Morgan fingerprint density at radius 1 is 0.299 bits per heavy atom. The number of likely N-dealkylation sites (tertiary alicyclic amines) is 2. The molecule has 2 amide bonds. The van der Waals surface area contributed by atoms with Gasteiger partial charge in [0, 0.05) is 179 Å². The minimum absolute atomic E-state index is 0.0138. The Morgan fingerprint density at radius 3 is 0.898 bits per heavy atom. The second kappa shape index (κ2) is 40.9. The fourth-order valence-electron chi connectivity index (χ4n) is 19.6. The van der Waals surface area contributed by atoms with E-state index in [0.717, 1.165) is 231 Å². The number of carbonyl (C=O) groups is 2. The topological polar surface area (TPSA) is 397 Å². The first-order chi connectivity index (χ1) is 72.2. The number of aromatic amines is 8. The number of hydrogen-bond acceptors (Lipinski definition) is 20. The normalized spacial score (nSPS) is 12.9. The van der Waals surface area contributed by atoms with Crippen LogP contribution in [0.5, 0.6) is 0 Å². The molecule has 0 unspecified atom stereocenters. The van der Waals surface area contributed by atoms with E-state index < -0.39 is 0 Å². The molecule has 2 fully saturated rings. The second-order valence-electron chi connectivity index (χ2n) is 38.4. The number of benzene rings is 8. The zero-order valence-electron chi connectivity index (χ0n) is 81.3. The van der Waals surface area contributed by atoms with Crippen molar-refractivity contribution in [3.8, 4) is 135 Å². The number of para-hydroxylation sites is 4. The Kier molecular flexibility index (Phi) is 25.7. The number of anilines is 2. The van der Waals surface area contributed by atoms with Gasteiger partial charge >= 0.3 is 0 Å². The summed E-state index contributed by atoms with van der Waals surface area (Å²) in [6.45, 7) is 14.7. The Balaban J connectivity index is 0.000000108. The molecule has 2 aliphatic heterocycles. The molecular weight excluding hydrogens is 1830 g/mol. The van der Waals surface area contributed by atoms with E-state index in [4.69, 9.17) is 19.9 Å². The number of imidazole rings is 4. The number of nitrogens with one attached hydrogen (secondary N) is 10. The van der Waals surface area contributed by atoms with Crippen LogP contribution in [-0.4, -0.2) is 168 Å². The van der Waals surface area contributed by atoms with Crippen LogP contribution in [0.1, 0.15) is 90.2 Å². The molecular formula is C117H102N28O2. The summed E-state index contributed by atoms with van der Waals surface area (Å²) in [6, 6.07) is 73.8. The van der Waals surface area contributed by atoms with E-state index >= 15 is 0 Å². The number of fused-ring (bicyclic) bond motifs is 8. The molecule has 24 aromatic rings. The van der Waals surface area contributed by atoms with Gasteiger partial charge in [0.25, 0.3) is 0 Å². The molecule has 2 aliphatic rings. The van der Waals surface area contributed by atoms with E-state index in [9.17, 15) is 9.59 Å². The largest absolute Gasteiger partial charge is 0.337 e. The molecule has 30 nitrogen and oxygen atoms in total. The van der Waals surface area contributed by atoms with Gasteiger partial charge in [0.05, 0.1) is 90.0 Å². The Labute approximate surface area is 843 Å². The molecule has 30 heteroatoms. The van der Waals surface area contributed by atoms with Gasteiger partial charge in [-0.25, -0.2) is 19.9 Å². The van der Waals surface area contributed by atoms with Crippen LogP contribution in [0.4, 0.5) is 11.4 Å². The van der Waals surface area contributed by atoms with Crippen molar-refractivity contribution in [3.05, 3.63) is 329 Å². The summed E-state index contributed by atoms with van der Waals surface area (Å²) in [6.07, 6.45) is 37.3. The third-order valence-electron chi connectivity index (χ3n) is 26.8. The lowest BCUT2D eigenvalue weighted by molar-refractivity contribution is -0.118. The summed E-state index contributed by atoms with van der Waals surface area (Å²) >= 11 is 0. The third-order valence-corrected chi connectivity index (χ3v) is 26.8. The van der Waals surface area contributed by atoms with Crippen molar-refractivity contribution in [1.29, 1.82) is 0 Å². The van der Waals surface area contributed by atoms with Gasteiger partial charge in [0.2, 0.25) is 11.8 Å². The van der Waals surface area contributed by atoms with Crippen LogP contribution in [0, 0.1) is 5.41 Å². The standard InChI is InChI=1S/C30H27N7O.C30H27N7.C29H25N7.C28H23N7O/c1-30(2,3)15-26(38)33-21-13-20(16-32-17-21)19-7-8-24-23(14-19)28(37-36-24)29-34-25-6-4-5-22(27(25)35-29)18-9-11-31-12-10-18;1-2-13-37(14-3-1)19-20-15-23(18-32-17-20)22-7-8-26-25(16-22)29(36-35-26)30-33-27-6-4-5-24(28(27)34-30)21-9-11-31-12-10-21;1-2-13-36(12-1)18-19-14-22(17-31-16-19)21-6-7-25-24(15-21)28(35-34-25)29-32-26-5-3-4-23(27(26)33-29)20-8-10-30-11-9-20;1-2-4-25(36)31-20-13-19(15-30-16-20)18-7-8-23-22(14-18)27(35-34-23)28-32-24-6-3-5-21(26(24)33-28)17-9-11-29-12-10-17/h4-14,16-17H,15H2,1-3H3,(H,33,38)(H,34,35)(H,36,37);4-12,15-18H,1-3,13-14,19H2,(H,33,34)(H,35,36);3-11,14-17H,1-2,12-13,18H2,(H,32,33)(H,34,35);3,5-16H,2,4H2,1H3,(H,31,36)(H,32,33)(H,34,35). The van der Waals surface area contributed by atoms with Crippen molar-refractivity contribution in [2.45, 2.75) is 92.2 Å². The van der Waals surface area contributed by atoms with Crippen LogP contribution in [0.2, 0.25) is 0 Å². The lowest BCUT2D eigenvalue weighted by Crippen LogP contribution is -2.29. The lowest BCUT2D eigenvalue weighted by Gasteiger charge is -2.26. The van der Waals surface area contributed by atoms with Crippen LogP contribution in [0.25, 0.3) is 223 Å². The molecule has 16 aromatic heterocycles. The number of rotatable bonds is 21. The number of hydrogen-bond donors (Lipinski definition) is 10. The molecule has 0 atom stereocenters. The molecule has 0 spiro atoms. The van der Waals surface area contributed by atoms with E-state index in [-0.39, 0.29) is 17.2 Å². The van der Waals surface area contributed by atoms with Crippen molar-refractivity contribution < 1.29 is 9.59 Å². The first-order valence-corrected chi connectivity index (χ1v) is 49.5. The number of nitrogens with zero attached hydrogens (tertiary/aromatic N) is 18. The molecule has 8 aromatic carbocycles. The number of H-pyrrole nitrogens is 8. The zero-order valence-corrected chi connectivity index (χ0v) is 81.3. The first kappa shape index (κ1) is 92.3. The highest BCUT2D eigenvalue weighted by atomic mass is 16.2. The summed E-state index contributed by atoms with van der Waals surface area (Å²) in [4.78, 5) is 97.5. The van der Waals surface area contributed by atoms with Gasteiger partial charge in [-0.3, -0.25) is 79.7 Å². The van der Waals surface area contributed by atoms with Gasteiger partial charge in [0.15, 0.2) is 23.3 Å². The van der Waals surface area contributed by atoms with Crippen molar-refractivity contribution in [3.63, 3.8) is 0 Å². The van der Waals surface area contributed by atoms with Gasteiger partial charge in [-0.2, -0.15) is 20.4 Å². The average Bonchev–Trinajstić information content (AvgIpc) is 1.64. The maximum absolute atomic E-state index is 12.4. The highest BCUT2D eigenvalue weighted by Gasteiger charge is 2.26. The van der Waals surface area contributed by atoms with Crippen LogP contribution in [-0.2, 0) is 22.7 Å². The predicted octanol–water partition coefficient (Wildman–Crippen LogP) is 24.6. The Hall–Kier alpha value is -18.4. The van der Waals surface area contributed by atoms with Crippen LogP contribution >= 0.6 is 0 Å². The van der Waals surface area contributed by atoms with Crippen molar-refractivity contribution in [1.82, 2.24) is 130 Å². The number of aromatic nitrogens is 24. The molecule has 0 radical (unpaired) electrons. The van der Waals surface area contributed by atoms with E-state index in [1.165, 1.54) is 69.4 Å². The minimum atomic E-state index is -0.0897. The molecule has 18 heterocycles. The Bertz CT molecular complexity index is 8910. The van der Waals surface area contributed by atoms with Crippen molar-refractivity contribution in [2.75, 3.05) is 36.8 Å². The minimum Gasteiger partial charge on any atom is -0.337 e. The molecule has 147 heavy (non-hydrogen) atoms. The first-order valence-electron chi connectivity index (χ1n) is 49.5. The molecule has 26 rings (SSSR count). The fraction of sp³-hybridized carbons (Fsp3) is 0.162. The molecule has 2 saturated heterocycles. The maximum atomic E-state index is 12.4. The van der Waals surface area contributed by atoms with Crippen LogP contribution in [0.3, 0.4) is 0 Å². The summed E-state index contributed by atoms with van der Waals surface area (Å²) in [5.41, 5.74) is 34.8. The lowest BCUT2D eigenvalue weighted by atomic mass is 9.92. The van der Waals surface area contributed by atoms with Crippen molar-refractivity contribution >= 4 is 111 Å². The second-order valence-corrected chi connectivity index (χ2v) is 38.4. The van der Waals surface area contributed by atoms with Gasteiger partial charge in [0.1, 0.15) is 22.8 Å². The summed E-state index contributed by atoms with van der Waals surface area (Å²) in [7, 11) is 0. The van der Waals surface area contributed by atoms with Gasteiger partial charge < -0.3 is 30.6 Å². The average molecular weight is 1930 g/mol. The molecule has 0 bridgehead atoms. The molecule has 10 N–H and O–H groups in total.